The summed E-state index contributed by atoms with van der Waals surface area (Å²) < 4.78 is 5.92. The predicted molar refractivity (Wildman–Crippen MR) is 85.9 cm³/mol. The summed E-state index contributed by atoms with van der Waals surface area (Å²) in [5.41, 5.74) is 2.07. The van der Waals surface area contributed by atoms with Gasteiger partial charge in [0.05, 0.1) is 0 Å². The second-order valence-electron chi connectivity index (χ2n) is 4.95. The molecule has 3 nitrogen and oxygen atoms in total. The summed E-state index contributed by atoms with van der Waals surface area (Å²) >= 11 is 1.57. The fourth-order valence-electron chi connectivity index (χ4n) is 2.01. The van der Waals surface area contributed by atoms with Gasteiger partial charge in [0.2, 0.25) is 0 Å². The number of carbonyl (C=O) groups is 1. The van der Waals surface area contributed by atoms with Crippen LogP contribution in [0.1, 0.15) is 35.8 Å². The second kappa shape index (κ2) is 7.09. The molecular weight excluding hydrogens is 284 g/mol. The molecule has 0 atom stereocenters. The molecule has 0 radical (unpaired) electrons. The Morgan fingerprint density at radius 1 is 1.33 bits per heavy atom. The van der Waals surface area contributed by atoms with E-state index in [1.165, 1.54) is 5.56 Å². The highest BCUT2D eigenvalue weighted by molar-refractivity contribution is 7.10. The topological polar surface area (TPSA) is 46.5 Å². The van der Waals surface area contributed by atoms with Gasteiger partial charge in [-0.05, 0) is 40.6 Å². The Kier molecular flexibility index (Phi) is 5.17. The molecule has 2 aromatic rings. The van der Waals surface area contributed by atoms with E-state index in [0.29, 0.717) is 12.5 Å². The zero-order valence-corrected chi connectivity index (χ0v) is 12.9. The zero-order chi connectivity index (χ0) is 15.2. The van der Waals surface area contributed by atoms with Crippen LogP contribution < -0.4 is 4.74 Å². The van der Waals surface area contributed by atoms with Crippen LogP contribution in [0.4, 0.5) is 0 Å². The van der Waals surface area contributed by atoms with Crippen LogP contribution in [0.25, 0.3) is 6.08 Å². The first-order chi connectivity index (χ1) is 10.1. The summed E-state index contributed by atoms with van der Waals surface area (Å²) in [5, 5.41) is 10.6. The van der Waals surface area contributed by atoms with Crippen LogP contribution in [-0.2, 0) is 11.4 Å². The van der Waals surface area contributed by atoms with E-state index >= 15 is 0 Å². The van der Waals surface area contributed by atoms with E-state index < -0.39 is 5.97 Å². The Morgan fingerprint density at radius 3 is 2.81 bits per heavy atom. The number of ether oxygens (including phenoxy) is 1. The van der Waals surface area contributed by atoms with E-state index in [-0.39, 0.29) is 0 Å². The predicted octanol–water partition coefficient (Wildman–Crippen LogP) is 4.55. The summed E-state index contributed by atoms with van der Waals surface area (Å²) in [6, 6.07) is 9.90. The first kappa shape index (κ1) is 15.3. The lowest BCUT2D eigenvalue weighted by Crippen LogP contribution is -1.99. The lowest BCUT2D eigenvalue weighted by Gasteiger charge is -2.13. The minimum Gasteiger partial charge on any atom is -0.488 e. The summed E-state index contributed by atoms with van der Waals surface area (Å²) in [7, 11) is 0. The number of carboxylic acids is 1. The quantitative estimate of drug-likeness (QED) is 0.796. The Morgan fingerprint density at radius 2 is 2.10 bits per heavy atom. The highest BCUT2D eigenvalue weighted by Crippen LogP contribution is 2.28. The highest BCUT2D eigenvalue weighted by Gasteiger charge is 2.08. The van der Waals surface area contributed by atoms with E-state index in [9.17, 15) is 4.79 Å². The Bertz CT molecular complexity index is 641. The maximum atomic E-state index is 10.6. The molecule has 2 rings (SSSR count). The van der Waals surface area contributed by atoms with Crippen molar-refractivity contribution in [2.75, 3.05) is 0 Å². The van der Waals surface area contributed by atoms with Crippen molar-refractivity contribution < 1.29 is 14.6 Å². The Labute approximate surface area is 128 Å². The van der Waals surface area contributed by atoms with Crippen LogP contribution in [0, 0.1) is 0 Å². The third kappa shape index (κ3) is 4.20. The van der Waals surface area contributed by atoms with E-state index in [1.807, 2.05) is 29.6 Å². The molecule has 1 aromatic heterocycles. The van der Waals surface area contributed by atoms with Gasteiger partial charge in [-0.15, -0.1) is 11.3 Å². The Balaban J connectivity index is 2.11. The molecular formula is C17H18O3S. The number of aliphatic carboxylic acids is 1. The molecule has 0 spiro atoms. The minimum absolute atomic E-state index is 0.399. The van der Waals surface area contributed by atoms with Crippen molar-refractivity contribution in [1.82, 2.24) is 0 Å². The summed E-state index contributed by atoms with van der Waals surface area (Å²) in [6.07, 6.45) is 2.75. The van der Waals surface area contributed by atoms with E-state index in [4.69, 9.17) is 9.84 Å². The normalized spacial score (nSPS) is 11.2. The monoisotopic (exact) mass is 302 g/mol. The van der Waals surface area contributed by atoms with Gasteiger partial charge < -0.3 is 9.84 Å². The van der Waals surface area contributed by atoms with Gasteiger partial charge in [-0.2, -0.15) is 0 Å². The number of thiophene rings is 1. The second-order valence-corrected chi connectivity index (χ2v) is 5.95. The molecule has 0 fully saturated rings. The first-order valence-corrected chi connectivity index (χ1v) is 7.65. The third-order valence-corrected chi connectivity index (χ3v) is 4.00. The third-order valence-electron chi connectivity index (χ3n) is 3.09. The largest absolute Gasteiger partial charge is 0.488 e. The maximum absolute atomic E-state index is 10.6. The number of hydrogen-bond donors (Lipinski definition) is 1. The van der Waals surface area contributed by atoms with E-state index in [2.05, 4.69) is 19.9 Å². The number of rotatable bonds is 6. The molecule has 0 bridgehead atoms. The number of carboxylic acid groups (broad SMARTS) is 1. The van der Waals surface area contributed by atoms with Gasteiger partial charge >= 0.3 is 5.97 Å². The fraction of sp³-hybridized carbons (Fsp3) is 0.235. The molecule has 0 aliphatic carbocycles. The van der Waals surface area contributed by atoms with Crippen LogP contribution in [0.3, 0.4) is 0 Å². The van der Waals surface area contributed by atoms with Crippen LogP contribution in [0.5, 0.6) is 5.75 Å². The van der Waals surface area contributed by atoms with Crippen molar-refractivity contribution in [3.8, 4) is 5.75 Å². The zero-order valence-electron chi connectivity index (χ0n) is 12.1. The van der Waals surface area contributed by atoms with Crippen LogP contribution in [0.2, 0.25) is 0 Å². The van der Waals surface area contributed by atoms with Crippen molar-refractivity contribution >= 4 is 23.4 Å². The molecule has 0 amide bonds. The van der Waals surface area contributed by atoms with E-state index in [0.717, 1.165) is 22.3 Å². The van der Waals surface area contributed by atoms with Gasteiger partial charge in [-0.1, -0.05) is 32.0 Å². The maximum Gasteiger partial charge on any atom is 0.328 e. The van der Waals surface area contributed by atoms with Crippen molar-refractivity contribution in [2.24, 2.45) is 0 Å². The van der Waals surface area contributed by atoms with Crippen LogP contribution in [-0.4, -0.2) is 11.1 Å². The van der Waals surface area contributed by atoms with E-state index in [1.54, 1.807) is 17.4 Å². The first-order valence-electron chi connectivity index (χ1n) is 6.77. The fourth-order valence-corrected chi connectivity index (χ4v) is 2.79. The van der Waals surface area contributed by atoms with Crippen molar-refractivity contribution in [1.29, 1.82) is 0 Å². The number of hydrogen-bond acceptors (Lipinski definition) is 3. The molecule has 110 valence electrons. The standard InChI is InChI=1S/C17H18O3S/c1-12(2)14-5-3-4-6-15(14)20-11-16-13(9-10-21-16)7-8-17(18)19/h3-10,12H,11H2,1-2H3,(H,18,19). The molecule has 21 heavy (non-hydrogen) atoms. The van der Waals surface area contributed by atoms with Crippen LogP contribution in [0.15, 0.2) is 41.8 Å². The molecule has 0 saturated carbocycles. The lowest BCUT2D eigenvalue weighted by molar-refractivity contribution is -0.131. The molecule has 4 heteroatoms. The van der Waals surface area contributed by atoms with Crippen molar-refractivity contribution in [2.45, 2.75) is 26.4 Å². The molecule has 0 aliphatic heterocycles. The van der Waals surface area contributed by atoms with Gasteiger partial charge in [0.15, 0.2) is 0 Å². The van der Waals surface area contributed by atoms with Crippen molar-refractivity contribution in [3.63, 3.8) is 0 Å². The SMILES string of the molecule is CC(C)c1ccccc1OCc1sccc1C=CC(=O)O. The lowest BCUT2D eigenvalue weighted by atomic mass is 10.0. The summed E-state index contributed by atoms with van der Waals surface area (Å²) in [6.45, 7) is 4.71. The van der Waals surface area contributed by atoms with Gasteiger partial charge in [0.1, 0.15) is 12.4 Å². The van der Waals surface area contributed by atoms with Gasteiger partial charge in [-0.25, -0.2) is 4.79 Å². The van der Waals surface area contributed by atoms with Gasteiger partial charge in [-0.3, -0.25) is 0 Å². The molecule has 1 N–H and O–H groups in total. The summed E-state index contributed by atoms with van der Waals surface area (Å²) in [5.74, 6) is 0.336. The van der Waals surface area contributed by atoms with Gasteiger partial charge in [0.25, 0.3) is 0 Å². The molecule has 0 saturated heterocycles. The summed E-state index contributed by atoms with van der Waals surface area (Å²) in [4.78, 5) is 11.6. The van der Waals surface area contributed by atoms with Crippen molar-refractivity contribution in [3.05, 3.63) is 57.8 Å². The minimum atomic E-state index is -0.946. The molecule has 0 unspecified atom stereocenters. The highest BCUT2D eigenvalue weighted by atomic mass is 32.1. The number of para-hydroxylation sites is 1. The molecule has 0 aliphatic rings. The van der Waals surface area contributed by atoms with Crippen LogP contribution >= 0.6 is 11.3 Å². The average molecular weight is 302 g/mol. The van der Waals surface area contributed by atoms with Gasteiger partial charge in [0, 0.05) is 11.0 Å². The Hall–Kier alpha value is -2.07. The molecule has 1 aromatic carbocycles. The smallest absolute Gasteiger partial charge is 0.328 e. The molecule has 1 heterocycles. The average Bonchev–Trinajstić information content (AvgIpc) is 2.90. The number of benzene rings is 1.